The maximum Gasteiger partial charge on any atom is 0.240 e. The Balaban J connectivity index is 1.69. The van der Waals surface area contributed by atoms with Crippen LogP contribution in [-0.4, -0.2) is 36.0 Å². The zero-order valence-electron chi connectivity index (χ0n) is 10.4. The van der Waals surface area contributed by atoms with Crippen molar-refractivity contribution in [1.82, 2.24) is 10.2 Å². The molecule has 0 aromatic rings. The van der Waals surface area contributed by atoms with Crippen LogP contribution in [0.4, 0.5) is 0 Å². The highest BCUT2D eigenvalue weighted by Crippen LogP contribution is 2.39. The molecule has 3 nitrogen and oxygen atoms in total. The maximum atomic E-state index is 12.6. The van der Waals surface area contributed by atoms with Crippen molar-refractivity contribution >= 4 is 5.91 Å². The smallest absolute Gasteiger partial charge is 0.240 e. The highest BCUT2D eigenvalue weighted by molar-refractivity contribution is 5.83. The first-order valence-electron chi connectivity index (χ1n) is 6.96. The molecule has 3 rings (SSSR count). The number of rotatable bonds is 4. The fourth-order valence-corrected chi connectivity index (χ4v) is 3.58. The van der Waals surface area contributed by atoms with E-state index in [4.69, 9.17) is 0 Å². The molecule has 0 aromatic carbocycles. The first kappa shape index (κ1) is 11.3. The lowest BCUT2D eigenvalue weighted by molar-refractivity contribution is -0.134. The van der Waals surface area contributed by atoms with Gasteiger partial charge in [-0.15, -0.1) is 6.58 Å². The number of nitrogens with zero attached hydrogens (tertiary/aromatic N) is 1. The van der Waals surface area contributed by atoms with Crippen LogP contribution in [0.1, 0.15) is 32.1 Å². The zero-order valence-corrected chi connectivity index (χ0v) is 10.4. The molecule has 3 aliphatic rings. The Morgan fingerprint density at radius 3 is 2.88 bits per heavy atom. The number of nitrogens with one attached hydrogen (secondary N) is 1. The minimum Gasteiger partial charge on any atom is -0.335 e. The van der Waals surface area contributed by atoms with Crippen LogP contribution in [0.25, 0.3) is 0 Å². The van der Waals surface area contributed by atoms with Gasteiger partial charge in [0, 0.05) is 12.6 Å². The molecule has 0 spiro atoms. The van der Waals surface area contributed by atoms with E-state index in [0.717, 1.165) is 19.0 Å². The highest BCUT2D eigenvalue weighted by Gasteiger charge is 2.45. The van der Waals surface area contributed by atoms with Gasteiger partial charge in [0.1, 0.15) is 0 Å². The Labute approximate surface area is 103 Å². The number of hydrogen-bond acceptors (Lipinski definition) is 2. The lowest BCUT2D eigenvalue weighted by Gasteiger charge is -2.27. The number of carbonyl (C=O) groups excluding carboxylic acids is 1. The second kappa shape index (κ2) is 4.45. The zero-order chi connectivity index (χ0) is 11.8. The van der Waals surface area contributed by atoms with Crippen molar-refractivity contribution in [2.24, 2.45) is 11.8 Å². The van der Waals surface area contributed by atoms with Gasteiger partial charge < -0.3 is 10.2 Å². The van der Waals surface area contributed by atoms with Gasteiger partial charge in [-0.05, 0) is 44.1 Å². The molecule has 0 bridgehead atoms. The molecular formula is C14H22N2O. The molecular weight excluding hydrogens is 212 g/mol. The van der Waals surface area contributed by atoms with Gasteiger partial charge in [-0.2, -0.15) is 0 Å². The third kappa shape index (κ3) is 2.01. The molecule has 3 atom stereocenters. The van der Waals surface area contributed by atoms with Crippen LogP contribution in [0.15, 0.2) is 12.7 Å². The fourth-order valence-electron chi connectivity index (χ4n) is 3.58. The predicted molar refractivity (Wildman–Crippen MR) is 67.6 cm³/mol. The van der Waals surface area contributed by atoms with Crippen molar-refractivity contribution < 1.29 is 4.79 Å². The van der Waals surface area contributed by atoms with Crippen molar-refractivity contribution in [3.8, 4) is 0 Å². The van der Waals surface area contributed by atoms with Crippen LogP contribution in [0, 0.1) is 11.8 Å². The molecule has 2 aliphatic carbocycles. The Morgan fingerprint density at radius 2 is 2.18 bits per heavy atom. The second-order valence-electron chi connectivity index (χ2n) is 5.75. The molecule has 0 aromatic heterocycles. The van der Waals surface area contributed by atoms with E-state index in [1.54, 1.807) is 0 Å². The SMILES string of the molecule is C=CCN(C(=O)C1NCC2CCCC21)C1CC1. The molecule has 2 saturated carbocycles. The molecule has 3 unspecified atom stereocenters. The number of amides is 1. The summed E-state index contributed by atoms with van der Waals surface area (Å²) in [6, 6.07) is 0.603. The second-order valence-corrected chi connectivity index (χ2v) is 5.75. The summed E-state index contributed by atoms with van der Waals surface area (Å²) < 4.78 is 0. The van der Waals surface area contributed by atoms with Gasteiger partial charge in [0.05, 0.1) is 6.04 Å². The van der Waals surface area contributed by atoms with Crippen LogP contribution >= 0.6 is 0 Å². The van der Waals surface area contributed by atoms with E-state index in [1.807, 2.05) is 11.0 Å². The van der Waals surface area contributed by atoms with E-state index in [2.05, 4.69) is 11.9 Å². The van der Waals surface area contributed by atoms with Gasteiger partial charge in [-0.25, -0.2) is 0 Å². The molecule has 0 radical (unpaired) electrons. The average molecular weight is 234 g/mol. The molecule has 3 heteroatoms. The van der Waals surface area contributed by atoms with Gasteiger partial charge in [0.25, 0.3) is 0 Å². The van der Waals surface area contributed by atoms with Gasteiger partial charge in [0.15, 0.2) is 0 Å². The van der Waals surface area contributed by atoms with Crippen molar-refractivity contribution in [1.29, 1.82) is 0 Å². The van der Waals surface area contributed by atoms with Crippen molar-refractivity contribution in [2.75, 3.05) is 13.1 Å². The molecule has 1 amide bonds. The first-order valence-corrected chi connectivity index (χ1v) is 6.96. The minimum atomic E-state index is 0.100. The van der Waals surface area contributed by atoms with E-state index < -0.39 is 0 Å². The van der Waals surface area contributed by atoms with E-state index in [1.165, 1.54) is 32.1 Å². The van der Waals surface area contributed by atoms with E-state index in [9.17, 15) is 4.79 Å². The lowest BCUT2D eigenvalue weighted by atomic mass is 9.93. The quantitative estimate of drug-likeness (QED) is 0.749. The summed E-state index contributed by atoms with van der Waals surface area (Å²) in [5, 5.41) is 3.45. The molecule has 1 N–H and O–H groups in total. The average Bonchev–Trinajstić information content (AvgIpc) is 2.90. The van der Waals surface area contributed by atoms with Crippen LogP contribution in [0.3, 0.4) is 0 Å². The Bertz CT molecular complexity index is 324. The number of carbonyl (C=O) groups is 1. The van der Waals surface area contributed by atoms with Gasteiger partial charge in [-0.3, -0.25) is 4.79 Å². The molecule has 1 saturated heterocycles. The topological polar surface area (TPSA) is 32.3 Å². The summed E-state index contributed by atoms with van der Waals surface area (Å²) in [6.45, 7) is 5.54. The molecule has 17 heavy (non-hydrogen) atoms. The molecule has 1 aliphatic heterocycles. The molecule has 1 heterocycles. The summed E-state index contributed by atoms with van der Waals surface area (Å²) in [5.74, 6) is 1.70. The number of hydrogen-bond donors (Lipinski definition) is 1. The predicted octanol–water partition coefficient (Wildman–Crippen LogP) is 1.55. The van der Waals surface area contributed by atoms with Crippen LogP contribution < -0.4 is 5.32 Å². The standard InChI is InChI=1S/C14H22N2O/c1-2-8-16(11-6-7-11)14(17)13-12-5-3-4-10(12)9-15-13/h2,10-13,15H,1,3-9H2. The van der Waals surface area contributed by atoms with Crippen molar-refractivity contribution in [2.45, 2.75) is 44.2 Å². The lowest BCUT2D eigenvalue weighted by Crippen LogP contribution is -2.47. The van der Waals surface area contributed by atoms with Gasteiger partial charge in [-0.1, -0.05) is 12.5 Å². The summed E-state index contributed by atoms with van der Waals surface area (Å²) in [7, 11) is 0. The Kier molecular flexibility index (Phi) is 2.95. The normalized spacial score (nSPS) is 35.6. The third-order valence-electron chi connectivity index (χ3n) is 4.61. The van der Waals surface area contributed by atoms with Crippen LogP contribution in [0.5, 0.6) is 0 Å². The molecule has 3 fully saturated rings. The van der Waals surface area contributed by atoms with Crippen molar-refractivity contribution in [3.63, 3.8) is 0 Å². The summed E-state index contributed by atoms with van der Waals surface area (Å²) >= 11 is 0. The van der Waals surface area contributed by atoms with E-state index >= 15 is 0 Å². The highest BCUT2D eigenvalue weighted by atomic mass is 16.2. The van der Waals surface area contributed by atoms with Crippen LogP contribution in [-0.2, 0) is 4.79 Å². The Hall–Kier alpha value is -0.830. The van der Waals surface area contributed by atoms with E-state index in [-0.39, 0.29) is 6.04 Å². The third-order valence-corrected chi connectivity index (χ3v) is 4.61. The van der Waals surface area contributed by atoms with E-state index in [0.29, 0.717) is 17.9 Å². The van der Waals surface area contributed by atoms with Gasteiger partial charge in [0.2, 0.25) is 5.91 Å². The van der Waals surface area contributed by atoms with Crippen molar-refractivity contribution in [3.05, 3.63) is 12.7 Å². The van der Waals surface area contributed by atoms with Crippen LogP contribution in [0.2, 0.25) is 0 Å². The monoisotopic (exact) mass is 234 g/mol. The largest absolute Gasteiger partial charge is 0.335 e. The molecule has 94 valence electrons. The van der Waals surface area contributed by atoms with Gasteiger partial charge >= 0.3 is 0 Å². The first-order chi connectivity index (χ1) is 8.31. The summed E-state index contributed by atoms with van der Waals surface area (Å²) in [4.78, 5) is 14.6. The summed E-state index contributed by atoms with van der Waals surface area (Å²) in [6.07, 6.45) is 8.08. The Morgan fingerprint density at radius 1 is 1.35 bits per heavy atom. The fraction of sp³-hybridized carbons (Fsp3) is 0.786. The summed E-state index contributed by atoms with van der Waals surface area (Å²) in [5.41, 5.74) is 0. The maximum absolute atomic E-state index is 12.6. The minimum absolute atomic E-state index is 0.100. The number of fused-ring (bicyclic) bond motifs is 1.